The fourth-order valence-corrected chi connectivity index (χ4v) is 1.68. The number of hydrogen-bond donors (Lipinski definition) is 1. The molecule has 100 valence electrons. The summed E-state index contributed by atoms with van der Waals surface area (Å²) in [6.45, 7) is 0. The van der Waals surface area contributed by atoms with Gasteiger partial charge in [-0.05, 0) is 52.3 Å². The monoisotopic (exact) mass is 331 g/mol. The second-order valence-corrected chi connectivity index (χ2v) is 4.66. The molecule has 19 heavy (non-hydrogen) atoms. The van der Waals surface area contributed by atoms with Crippen LogP contribution in [0.25, 0.3) is 0 Å². The minimum Gasteiger partial charge on any atom is -0.457 e. The smallest absolute Gasteiger partial charge is 0.416 e. The van der Waals surface area contributed by atoms with Gasteiger partial charge in [0.1, 0.15) is 11.5 Å². The summed E-state index contributed by atoms with van der Waals surface area (Å²) in [5.74, 6) is 0.773. The number of nitrogen functional groups attached to an aromatic ring is 1. The van der Waals surface area contributed by atoms with Gasteiger partial charge in [0.2, 0.25) is 0 Å². The Morgan fingerprint density at radius 2 is 1.53 bits per heavy atom. The Balaban J connectivity index is 2.17. The van der Waals surface area contributed by atoms with Gasteiger partial charge in [-0.3, -0.25) is 0 Å². The highest BCUT2D eigenvalue weighted by atomic mass is 79.9. The molecule has 0 aliphatic heterocycles. The highest BCUT2D eigenvalue weighted by Crippen LogP contribution is 2.32. The highest BCUT2D eigenvalue weighted by Gasteiger charge is 2.30. The van der Waals surface area contributed by atoms with E-state index in [1.807, 2.05) is 0 Å². The van der Waals surface area contributed by atoms with E-state index in [0.29, 0.717) is 17.2 Å². The van der Waals surface area contributed by atoms with Crippen LogP contribution in [-0.2, 0) is 6.18 Å². The lowest BCUT2D eigenvalue weighted by Crippen LogP contribution is -2.03. The number of alkyl halides is 3. The molecule has 0 saturated carbocycles. The number of halogens is 4. The second kappa shape index (κ2) is 5.13. The summed E-state index contributed by atoms with van der Waals surface area (Å²) in [5.41, 5.74) is 5.46. The fraction of sp³-hybridized carbons (Fsp3) is 0.0769. The quantitative estimate of drug-likeness (QED) is 0.799. The second-order valence-electron chi connectivity index (χ2n) is 3.81. The van der Waals surface area contributed by atoms with Crippen molar-refractivity contribution >= 4 is 21.6 Å². The Bertz CT molecular complexity index is 581. The van der Waals surface area contributed by atoms with Crippen molar-refractivity contribution in [1.82, 2.24) is 0 Å². The maximum absolute atomic E-state index is 12.4. The number of anilines is 1. The topological polar surface area (TPSA) is 35.2 Å². The average molecular weight is 332 g/mol. The first-order chi connectivity index (χ1) is 8.86. The van der Waals surface area contributed by atoms with Gasteiger partial charge in [-0.25, -0.2) is 0 Å². The predicted molar refractivity (Wildman–Crippen MR) is 70.1 cm³/mol. The zero-order valence-corrected chi connectivity index (χ0v) is 11.1. The maximum Gasteiger partial charge on any atom is 0.416 e. The van der Waals surface area contributed by atoms with E-state index in [9.17, 15) is 13.2 Å². The first-order valence-electron chi connectivity index (χ1n) is 5.26. The van der Waals surface area contributed by atoms with Crippen LogP contribution in [0.15, 0.2) is 46.9 Å². The summed E-state index contributed by atoms with van der Waals surface area (Å²) in [6, 6.07) is 9.42. The van der Waals surface area contributed by atoms with Crippen molar-refractivity contribution in [3.63, 3.8) is 0 Å². The molecule has 6 heteroatoms. The molecule has 0 aromatic heterocycles. The molecular weight excluding hydrogens is 323 g/mol. The van der Waals surface area contributed by atoms with Gasteiger partial charge >= 0.3 is 6.18 Å². The number of benzene rings is 2. The van der Waals surface area contributed by atoms with Crippen LogP contribution in [0.2, 0.25) is 0 Å². The lowest BCUT2D eigenvalue weighted by molar-refractivity contribution is -0.137. The molecule has 2 nitrogen and oxygen atoms in total. The molecule has 0 atom stereocenters. The molecule has 0 bridgehead atoms. The van der Waals surface area contributed by atoms with Gasteiger partial charge in [0.25, 0.3) is 0 Å². The third-order valence-electron chi connectivity index (χ3n) is 2.38. The van der Waals surface area contributed by atoms with Crippen LogP contribution >= 0.6 is 15.9 Å². The SMILES string of the molecule is Nc1cc(Oc2ccc(C(F)(F)F)cc2)ccc1Br. The summed E-state index contributed by atoms with van der Waals surface area (Å²) in [7, 11) is 0. The first-order valence-corrected chi connectivity index (χ1v) is 6.06. The number of hydrogen-bond acceptors (Lipinski definition) is 2. The molecule has 0 unspecified atom stereocenters. The lowest BCUT2D eigenvalue weighted by Gasteiger charge is -2.09. The minimum absolute atomic E-state index is 0.315. The van der Waals surface area contributed by atoms with Gasteiger partial charge in [0.05, 0.1) is 5.56 Å². The van der Waals surface area contributed by atoms with E-state index in [0.717, 1.165) is 16.6 Å². The maximum atomic E-state index is 12.4. The first kappa shape index (κ1) is 13.7. The summed E-state index contributed by atoms with van der Waals surface area (Å²) in [4.78, 5) is 0. The predicted octanol–water partition coefficient (Wildman–Crippen LogP) is 4.84. The Kier molecular flexibility index (Phi) is 3.71. The van der Waals surface area contributed by atoms with Gasteiger partial charge in [-0.1, -0.05) is 0 Å². The van der Waals surface area contributed by atoms with Crippen LogP contribution in [0, 0.1) is 0 Å². The van der Waals surface area contributed by atoms with Crippen molar-refractivity contribution in [3.05, 3.63) is 52.5 Å². The Morgan fingerprint density at radius 3 is 2.05 bits per heavy atom. The van der Waals surface area contributed by atoms with Gasteiger partial charge in [0.15, 0.2) is 0 Å². The molecule has 0 saturated heterocycles. The van der Waals surface area contributed by atoms with E-state index in [2.05, 4.69) is 15.9 Å². The van der Waals surface area contributed by atoms with Crippen molar-refractivity contribution in [3.8, 4) is 11.5 Å². The molecule has 0 spiro atoms. The average Bonchev–Trinajstić information content (AvgIpc) is 2.33. The standard InChI is InChI=1S/C13H9BrF3NO/c14-11-6-5-10(7-12(11)18)19-9-3-1-8(2-4-9)13(15,16)17/h1-7H,18H2. The third-order valence-corrected chi connectivity index (χ3v) is 3.11. The normalized spacial score (nSPS) is 11.4. The molecule has 0 aliphatic rings. The van der Waals surface area contributed by atoms with E-state index >= 15 is 0 Å². The largest absolute Gasteiger partial charge is 0.457 e. The molecule has 0 fully saturated rings. The molecule has 0 heterocycles. The summed E-state index contributed by atoms with van der Waals surface area (Å²) < 4.78 is 43.3. The number of ether oxygens (including phenoxy) is 1. The molecular formula is C13H9BrF3NO. The summed E-state index contributed by atoms with van der Waals surface area (Å²) >= 11 is 3.24. The molecule has 2 N–H and O–H groups in total. The molecule has 0 aliphatic carbocycles. The Hall–Kier alpha value is -1.69. The van der Waals surface area contributed by atoms with Gasteiger partial charge in [0, 0.05) is 16.2 Å². The fourth-order valence-electron chi connectivity index (χ4n) is 1.43. The molecule has 0 amide bonds. The van der Waals surface area contributed by atoms with E-state index in [1.165, 1.54) is 12.1 Å². The molecule has 2 rings (SSSR count). The summed E-state index contributed by atoms with van der Waals surface area (Å²) in [6.07, 6.45) is -4.35. The van der Waals surface area contributed by atoms with E-state index < -0.39 is 11.7 Å². The Morgan fingerprint density at radius 1 is 0.947 bits per heavy atom. The van der Waals surface area contributed by atoms with Crippen LogP contribution in [0.1, 0.15) is 5.56 Å². The number of rotatable bonds is 2. The zero-order chi connectivity index (χ0) is 14.0. The van der Waals surface area contributed by atoms with Crippen LogP contribution in [-0.4, -0.2) is 0 Å². The van der Waals surface area contributed by atoms with Gasteiger partial charge in [-0.2, -0.15) is 13.2 Å². The van der Waals surface area contributed by atoms with Crippen molar-refractivity contribution in [2.24, 2.45) is 0 Å². The third kappa shape index (κ3) is 3.41. The summed E-state index contributed by atoms with van der Waals surface area (Å²) in [5, 5.41) is 0. The van der Waals surface area contributed by atoms with Crippen molar-refractivity contribution in [2.45, 2.75) is 6.18 Å². The van der Waals surface area contributed by atoms with Gasteiger partial charge in [-0.15, -0.1) is 0 Å². The van der Waals surface area contributed by atoms with E-state index in [-0.39, 0.29) is 0 Å². The van der Waals surface area contributed by atoms with Crippen LogP contribution in [0.5, 0.6) is 11.5 Å². The van der Waals surface area contributed by atoms with Crippen LogP contribution in [0.4, 0.5) is 18.9 Å². The van der Waals surface area contributed by atoms with Crippen molar-refractivity contribution in [1.29, 1.82) is 0 Å². The van der Waals surface area contributed by atoms with Gasteiger partial charge < -0.3 is 10.5 Å². The molecule has 0 radical (unpaired) electrons. The van der Waals surface area contributed by atoms with Crippen LogP contribution in [0.3, 0.4) is 0 Å². The van der Waals surface area contributed by atoms with Crippen molar-refractivity contribution in [2.75, 3.05) is 5.73 Å². The van der Waals surface area contributed by atoms with Crippen LogP contribution < -0.4 is 10.5 Å². The van der Waals surface area contributed by atoms with Crippen molar-refractivity contribution < 1.29 is 17.9 Å². The molecule has 2 aromatic carbocycles. The highest BCUT2D eigenvalue weighted by molar-refractivity contribution is 9.10. The zero-order valence-electron chi connectivity index (χ0n) is 9.54. The lowest BCUT2D eigenvalue weighted by atomic mass is 10.2. The number of nitrogens with two attached hydrogens (primary N) is 1. The Labute approximate surface area is 116 Å². The van der Waals surface area contributed by atoms with E-state index in [1.54, 1.807) is 18.2 Å². The minimum atomic E-state index is -4.35. The molecule has 2 aromatic rings. The van der Waals surface area contributed by atoms with E-state index in [4.69, 9.17) is 10.5 Å².